The first-order valence-corrected chi connectivity index (χ1v) is 7.84. The SMILES string of the molecule is CCCNCCCC(C)N1CCN(C)C(CC)C1. The molecule has 3 heteroatoms. The summed E-state index contributed by atoms with van der Waals surface area (Å²) in [6.45, 7) is 13.0. The molecule has 3 nitrogen and oxygen atoms in total. The van der Waals surface area contributed by atoms with Gasteiger partial charge in [-0.2, -0.15) is 0 Å². The molecular weight excluding hydrogens is 222 g/mol. The summed E-state index contributed by atoms with van der Waals surface area (Å²) >= 11 is 0. The third-order valence-electron chi connectivity index (χ3n) is 4.31. The third-order valence-corrected chi connectivity index (χ3v) is 4.31. The number of hydrogen-bond acceptors (Lipinski definition) is 3. The molecule has 1 heterocycles. The fourth-order valence-corrected chi connectivity index (χ4v) is 2.82. The lowest BCUT2D eigenvalue weighted by Gasteiger charge is -2.42. The normalized spacial score (nSPS) is 24.3. The summed E-state index contributed by atoms with van der Waals surface area (Å²) < 4.78 is 0. The van der Waals surface area contributed by atoms with E-state index in [1.54, 1.807) is 0 Å². The minimum Gasteiger partial charge on any atom is -0.317 e. The van der Waals surface area contributed by atoms with E-state index in [1.165, 1.54) is 58.4 Å². The standard InChI is InChI=1S/C15H33N3/c1-5-9-16-10-7-8-14(3)18-12-11-17(4)15(6-2)13-18/h14-16H,5-13H2,1-4H3. The van der Waals surface area contributed by atoms with Gasteiger partial charge in [-0.15, -0.1) is 0 Å². The van der Waals surface area contributed by atoms with E-state index in [0.29, 0.717) is 0 Å². The Morgan fingerprint density at radius 3 is 2.67 bits per heavy atom. The average Bonchev–Trinajstić information content (AvgIpc) is 2.38. The molecule has 0 saturated carbocycles. The van der Waals surface area contributed by atoms with Crippen LogP contribution < -0.4 is 5.32 Å². The van der Waals surface area contributed by atoms with Crippen LogP contribution >= 0.6 is 0 Å². The summed E-state index contributed by atoms with van der Waals surface area (Å²) in [5.41, 5.74) is 0. The molecule has 18 heavy (non-hydrogen) atoms. The van der Waals surface area contributed by atoms with Crippen LogP contribution in [0.25, 0.3) is 0 Å². The number of likely N-dealkylation sites (N-methyl/N-ethyl adjacent to an activating group) is 1. The maximum absolute atomic E-state index is 3.49. The zero-order valence-electron chi connectivity index (χ0n) is 12.9. The number of nitrogens with zero attached hydrogens (tertiary/aromatic N) is 2. The van der Waals surface area contributed by atoms with Crippen LogP contribution in [0.5, 0.6) is 0 Å². The van der Waals surface area contributed by atoms with Crippen LogP contribution in [0.2, 0.25) is 0 Å². The zero-order valence-corrected chi connectivity index (χ0v) is 12.9. The van der Waals surface area contributed by atoms with Gasteiger partial charge >= 0.3 is 0 Å². The Labute approximate surface area is 114 Å². The van der Waals surface area contributed by atoms with Gasteiger partial charge in [0, 0.05) is 31.7 Å². The Hall–Kier alpha value is -0.120. The Balaban J connectivity index is 2.18. The zero-order chi connectivity index (χ0) is 13.4. The van der Waals surface area contributed by atoms with Crippen molar-refractivity contribution in [1.82, 2.24) is 15.1 Å². The smallest absolute Gasteiger partial charge is 0.0218 e. The maximum Gasteiger partial charge on any atom is 0.0218 e. The van der Waals surface area contributed by atoms with E-state index < -0.39 is 0 Å². The minimum absolute atomic E-state index is 0.746. The van der Waals surface area contributed by atoms with E-state index in [2.05, 4.69) is 42.9 Å². The van der Waals surface area contributed by atoms with Gasteiger partial charge in [-0.1, -0.05) is 13.8 Å². The van der Waals surface area contributed by atoms with Crippen LogP contribution in [0, 0.1) is 0 Å². The van der Waals surface area contributed by atoms with Crippen molar-refractivity contribution >= 4 is 0 Å². The fraction of sp³-hybridized carbons (Fsp3) is 1.00. The molecule has 0 aromatic rings. The molecule has 0 spiro atoms. The van der Waals surface area contributed by atoms with Crippen molar-refractivity contribution in [3.8, 4) is 0 Å². The fourth-order valence-electron chi connectivity index (χ4n) is 2.82. The van der Waals surface area contributed by atoms with Gasteiger partial charge in [-0.3, -0.25) is 4.90 Å². The Bertz CT molecular complexity index is 208. The molecule has 0 radical (unpaired) electrons. The second kappa shape index (κ2) is 8.89. The van der Waals surface area contributed by atoms with Gasteiger partial charge in [0.2, 0.25) is 0 Å². The molecule has 2 atom stereocenters. The molecule has 2 unspecified atom stereocenters. The highest BCUT2D eigenvalue weighted by Gasteiger charge is 2.25. The Kier molecular flexibility index (Phi) is 7.87. The van der Waals surface area contributed by atoms with E-state index >= 15 is 0 Å². The molecule has 0 bridgehead atoms. The highest BCUT2D eigenvalue weighted by molar-refractivity contribution is 4.82. The molecule has 0 aromatic carbocycles. The molecule has 1 aliphatic heterocycles. The molecule has 0 amide bonds. The first-order valence-electron chi connectivity index (χ1n) is 7.84. The molecule has 1 N–H and O–H groups in total. The van der Waals surface area contributed by atoms with E-state index in [0.717, 1.165) is 12.1 Å². The predicted octanol–water partition coefficient (Wildman–Crippen LogP) is 2.18. The third kappa shape index (κ3) is 5.25. The summed E-state index contributed by atoms with van der Waals surface area (Å²) in [6.07, 6.45) is 5.16. The quantitative estimate of drug-likeness (QED) is 0.671. The first kappa shape index (κ1) is 15.9. The molecule has 108 valence electrons. The lowest BCUT2D eigenvalue weighted by atomic mass is 10.1. The Morgan fingerprint density at radius 1 is 1.22 bits per heavy atom. The second-order valence-electron chi connectivity index (χ2n) is 5.78. The van der Waals surface area contributed by atoms with Gasteiger partial charge in [0.05, 0.1) is 0 Å². The average molecular weight is 255 g/mol. The number of nitrogens with one attached hydrogen (secondary N) is 1. The van der Waals surface area contributed by atoms with Gasteiger partial charge in [0.1, 0.15) is 0 Å². The van der Waals surface area contributed by atoms with E-state index in [9.17, 15) is 0 Å². The highest BCUT2D eigenvalue weighted by Crippen LogP contribution is 2.15. The topological polar surface area (TPSA) is 18.5 Å². The minimum atomic E-state index is 0.746. The molecule has 1 saturated heterocycles. The second-order valence-corrected chi connectivity index (χ2v) is 5.78. The molecule has 1 fully saturated rings. The summed E-state index contributed by atoms with van der Waals surface area (Å²) in [6, 6.07) is 1.51. The number of hydrogen-bond donors (Lipinski definition) is 1. The summed E-state index contributed by atoms with van der Waals surface area (Å²) in [5.74, 6) is 0. The van der Waals surface area contributed by atoms with Crippen LogP contribution in [0.4, 0.5) is 0 Å². The molecular formula is C15H33N3. The number of piperazine rings is 1. The van der Waals surface area contributed by atoms with Crippen molar-refractivity contribution in [2.24, 2.45) is 0 Å². The first-order chi connectivity index (χ1) is 8.69. The molecule has 0 aliphatic carbocycles. The summed E-state index contributed by atoms with van der Waals surface area (Å²) in [5, 5.41) is 3.49. The van der Waals surface area contributed by atoms with Crippen LogP contribution in [-0.4, -0.2) is 61.7 Å². The van der Waals surface area contributed by atoms with Gasteiger partial charge in [-0.05, 0) is 52.7 Å². The van der Waals surface area contributed by atoms with Crippen molar-refractivity contribution in [2.75, 3.05) is 39.8 Å². The van der Waals surface area contributed by atoms with Gasteiger partial charge < -0.3 is 10.2 Å². The monoisotopic (exact) mass is 255 g/mol. The van der Waals surface area contributed by atoms with Crippen LogP contribution in [0.1, 0.15) is 46.5 Å². The van der Waals surface area contributed by atoms with E-state index in [1.807, 2.05) is 0 Å². The Morgan fingerprint density at radius 2 is 2.00 bits per heavy atom. The summed E-state index contributed by atoms with van der Waals surface area (Å²) in [7, 11) is 2.27. The van der Waals surface area contributed by atoms with Gasteiger partial charge in [0.25, 0.3) is 0 Å². The lowest BCUT2D eigenvalue weighted by molar-refractivity contribution is 0.0644. The number of rotatable bonds is 8. The van der Waals surface area contributed by atoms with Crippen molar-refractivity contribution in [3.05, 3.63) is 0 Å². The van der Waals surface area contributed by atoms with Crippen molar-refractivity contribution < 1.29 is 0 Å². The van der Waals surface area contributed by atoms with E-state index in [4.69, 9.17) is 0 Å². The predicted molar refractivity (Wildman–Crippen MR) is 80.1 cm³/mol. The maximum atomic E-state index is 3.49. The lowest BCUT2D eigenvalue weighted by Crippen LogP contribution is -2.53. The molecule has 0 aromatic heterocycles. The van der Waals surface area contributed by atoms with Gasteiger partial charge in [0.15, 0.2) is 0 Å². The van der Waals surface area contributed by atoms with Crippen LogP contribution in [0.15, 0.2) is 0 Å². The summed E-state index contributed by atoms with van der Waals surface area (Å²) in [4.78, 5) is 5.21. The highest BCUT2D eigenvalue weighted by atomic mass is 15.3. The van der Waals surface area contributed by atoms with Crippen molar-refractivity contribution in [1.29, 1.82) is 0 Å². The van der Waals surface area contributed by atoms with Crippen molar-refractivity contribution in [2.45, 2.75) is 58.5 Å². The van der Waals surface area contributed by atoms with Crippen LogP contribution in [-0.2, 0) is 0 Å². The molecule has 1 rings (SSSR count). The van der Waals surface area contributed by atoms with E-state index in [-0.39, 0.29) is 0 Å². The van der Waals surface area contributed by atoms with Gasteiger partial charge in [-0.25, -0.2) is 0 Å². The largest absolute Gasteiger partial charge is 0.317 e. The molecule has 1 aliphatic rings. The van der Waals surface area contributed by atoms with Crippen molar-refractivity contribution in [3.63, 3.8) is 0 Å². The van der Waals surface area contributed by atoms with Crippen LogP contribution in [0.3, 0.4) is 0 Å².